The first kappa shape index (κ1) is 42.3. The third-order valence-corrected chi connectivity index (χ3v) is 15.5. The Morgan fingerprint density at radius 3 is 2.56 bits per heavy atom. The molecule has 5 heterocycles. The lowest BCUT2D eigenvalue weighted by atomic mass is 9.59. The number of aromatic nitrogens is 2. The summed E-state index contributed by atoms with van der Waals surface area (Å²) in [6, 6.07) is 19.4. The number of nitrogens with zero attached hydrogens (tertiary/aromatic N) is 5. The van der Waals surface area contributed by atoms with Crippen LogP contribution in [0, 0.1) is 21.4 Å². The fraction of sp³-hybridized carbons (Fsp3) is 0.396. The van der Waals surface area contributed by atoms with Gasteiger partial charge in [0.1, 0.15) is 17.1 Å². The number of allylic oxidation sites excluding steroid dienone is 1. The molecule has 3 aliphatic heterocycles. The van der Waals surface area contributed by atoms with Gasteiger partial charge in [0.25, 0.3) is 21.6 Å². The molecule has 332 valence electrons. The Labute approximate surface area is 376 Å². The van der Waals surface area contributed by atoms with Crippen LogP contribution in [0.4, 0.5) is 17.1 Å². The second kappa shape index (κ2) is 17.4. The van der Waals surface area contributed by atoms with Gasteiger partial charge in [0.2, 0.25) is 0 Å². The number of anilines is 1. The quantitative estimate of drug-likeness (QED) is 0.0908. The highest BCUT2D eigenvalue weighted by atomic mass is 35.5. The molecule has 2 aromatic heterocycles. The highest BCUT2D eigenvalue weighted by Gasteiger charge is 2.41. The molecule has 0 atom stereocenters. The van der Waals surface area contributed by atoms with E-state index < -0.39 is 25.7 Å². The Kier molecular flexibility index (Phi) is 11.5. The lowest BCUT2D eigenvalue weighted by Gasteiger charge is -2.47. The van der Waals surface area contributed by atoms with Crippen LogP contribution in [0.25, 0.3) is 16.6 Å². The second-order valence-electron chi connectivity index (χ2n) is 18.0. The molecule has 10 rings (SSSR count). The number of fused-ring (bicyclic) bond motifs is 2. The molecule has 2 aliphatic carbocycles. The van der Waals surface area contributed by atoms with E-state index in [4.69, 9.17) is 21.1 Å². The van der Waals surface area contributed by atoms with Crippen LogP contribution in [0.2, 0.25) is 5.02 Å². The third kappa shape index (κ3) is 8.78. The Hall–Kier alpha value is -5.61. The second-order valence-corrected chi connectivity index (χ2v) is 20.1. The van der Waals surface area contributed by atoms with E-state index in [0.717, 1.165) is 86.3 Å². The molecule has 14 nitrogen and oxygen atoms in total. The predicted molar refractivity (Wildman–Crippen MR) is 246 cm³/mol. The van der Waals surface area contributed by atoms with E-state index in [1.54, 1.807) is 30.5 Å². The summed E-state index contributed by atoms with van der Waals surface area (Å²) in [6.07, 6.45) is 13.4. The first-order valence-corrected chi connectivity index (χ1v) is 24.1. The van der Waals surface area contributed by atoms with Gasteiger partial charge < -0.3 is 19.4 Å². The molecule has 0 radical (unpaired) electrons. The molecule has 1 spiro atoms. The van der Waals surface area contributed by atoms with Gasteiger partial charge in [-0.3, -0.25) is 24.8 Å². The summed E-state index contributed by atoms with van der Waals surface area (Å²) < 4.78 is 41.9. The molecule has 3 aromatic carbocycles. The van der Waals surface area contributed by atoms with Crippen molar-refractivity contribution < 1.29 is 27.6 Å². The van der Waals surface area contributed by atoms with E-state index in [0.29, 0.717) is 47.9 Å². The molecular formula is C48H50ClN7O7S. The van der Waals surface area contributed by atoms with Gasteiger partial charge in [-0.1, -0.05) is 35.7 Å². The number of carbonyl (C=O) groups is 1. The molecule has 3 fully saturated rings. The van der Waals surface area contributed by atoms with Crippen molar-refractivity contribution >= 4 is 66.9 Å². The van der Waals surface area contributed by atoms with Crippen LogP contribution in [-0.4, -0.2) is 85.8 Å². The van der Waals surface area contributed by atoms with Crippen molar-refractivity contribution in [2.45, 2.75) is 69.1 Å². The number of hydrogen-bond acceptors (Lipinski definition) is 11. The number of piperazine rings is 1. The predicted octanol–water partition coefficient (Wildman–Crippen LogP) is 9.41. The van der Waals surface area contributed by atoms with Gasteiger partial charge in [0.05, 0.1) is 32.8 Å². The maximum Gasteiger partial charge on any atom is 0.276 e. The number of amides is 1. The summed E-state index contributed by atoms with van der Waals surface area (Å²) in [4.78, 5) is 42.2. The molecular weight excluding hydrogens is 854 g/mol. The highest BCUT2D eigenvalue weighted by molar-refractivity contribution is 7.90. The number of hydrogen-bond donors (Lipinski definition) is 2. The minimum absolute atomic E-state index is 0.0317. The number of H-pyrrole nitrogens is 1. The molecule has 0 unspecified atom stereocenters. The van der Waals surface area contributed by atoms with E-state index >= 15 is 0 Å². The van der Waals surface area contributed by atoms with Crippen molar-refractivity contribution in [2.24, 2.45) is 16.3 Å². The first-order valence-electron chi connectivity index (χ1n) is 22.2. The van der Waals surface area contributed by atoms with E-state index in [-0.39, 0.29) is 29.1 Å². The number of sulfonamides is 1. The van der Waals surface area contributed by atoms with Crippen molar-refractivity contribution in [3.05, 3.63) is 117 Å². The molecule has 5 aliphatic rings. The largest absolute Gasteiger partial charge is 0.455 e. The zero-order valence-electron chi connectivity index (χ0n) is 35.5. The van der Waals surface area contributed by atoms with Crippen molar-refractivity contribution in [1.82, 2.24) is 19.6 Å². The molecule has 2 saturated heterocycles. The number of halogens is 1. The fourth-order valence-corrected chi connectivity index (χ4v) is 11.3. The third-order valence-electron chi connectivity index (χ3n) is 13.9. The zero-order chi connectivity index (χ0) is 44.0. The van der Waals surface area contributed by atoms with Crippen LogP contribution in [0.5, 0.6) is 11.5 Å². The fourth-order valence-electron chi connectivity index (χ4n) is 10.2. The lowest BCUT2D eigenvalue weighted by Crippen LogP contribution is -2.47. The van der Waals surface area contributed by atoms with E-state index in [9.17, 15) is 23.3 Å². The summed E-state index contributed by atoms with van der Waals surface area (Å²) in [5.41, 5.74) is 7.18. The van der Waals surface area contributed by atoms with Gasteiger partial charge in [0, 0.05) is 92.5 Å². The molecule has 64 heavy (non-hydrogen) atoms. The van der Waals surface area contributed by atoms with Crippen LogP contribution in [-0.2, 0) is 21.2 Å². The number of aromatic amines is 1. The number of carbonyl (C=O) groups excluding carboxylic acids is 1. The molecule has 1 saturated carbocycles. The van der Waals surface area contributed by atoms with Crippen molar-refractivity contribution in [3.8, 4) is 11.5 Å². The molecule has 2 N–H and O–H groups in total. The molecule has 1 amide bonds. The van der Waals surface area contributed by atoms with Crippen molar-refractivity contribution in [1.29, 1.82) is 0 Å². The lowest BCUT2D eigenvalue weighted by molar-refractivity contribution is -0.385. The molecule has 16 heteroatoms. The Morgan fingerprint density at radius 1 is 1.02 bits per heavy atom. The van der Waals surface area contributed by atoms with E-state index in [2.05, 4.69) is 41.6 Å². The number of pyridine rings is 1. The normalized spacial score (nSPS) is 19.1. The minimum Gasteiger partial charge on any atom is -0.455 e. The number of nitrogens with one attached hydrogen (secondary N) is 2. The standard InChI is InChI=1S/C48H50ClN7O7S/c49-35-4-2-32(3-5-35)42-28-48(12-1-13-48)14-8-34(42)30-54-16-18-55(19-17-54)37-6-7-40(45(25-37)63-38-23-33-9-15-50-46(33)51-29-38)47(57)53-64(60,61)39-26-43-41(44(27-39)56(58)59)24-36(52-43)22-31-10-20-62-21-11-31/h2-7,9,15,23,25-27,29,31H,1,8,10-14,16-22,24,28,30H2,(H,50,51)(H,53,57). The number of nitro groups is 1. The van der Waals surface area contributed by atoms with Crippen LogP contribution >= 0.6 is 11.6 Å². The van der Waals surface area contributed by atoms with Crippen LogP contribution in [0.1, 0.15) is 79.3 Å². The van der Waals surface area contributed by atoms with Crippen LogP contribution in [0.3, 0.4) is 0 Å². The van der Waals surface area contributed by atoms with Gasteiger partial charge in [-0.05, 0) is 116 Å². The van der Waals surface area contributed by atoms with Crippen LogP contribution < -0.4 is 14.4 Å². The smallest absolute Gasteiger partial charge is 0.276 e. The summed E-state index contributed by atoms with van der Waals surface area (Å²) in [6.45, 7) is 5.37. The van der Waals surface area contributed by atoms with E-state index in [1.807, 2.05) is 18.2 Å². The summed E-state index contributed by atoms with van der Waals surface area (Å²) in [7, 11) is -4.61. The average molecular weight is 904 g/mol. The van der Waals surface area contributed by atoms with Gasteiger partial charge >= 0.3 is 0 Å². The monoisotopic (exact) mass is 903 g/mol. The summed E-state index contributed by atoms with van der Waals surface area (Å²) in [5.74, 6) is -0.114. The van der Waals surface area contributed by atoms with Gasteiger partial charge in [-0.15, -0.1) is 0 Å². The number of ether oxygens (including phenoxy) is 2. The summed E-state index contributed by atoms with van der Waals surface area (Å²) >= 11 is 6.29. The number of benzene rings is 3. The molecule has 0 bridgehead atoms. The van der Waals surface area contributed by atoms with Gasteiger partial charge in [-0.2, -0.15) is 0 Å². The van der Waals surface area contributed by atoms with E-state index in [1.165, 1.54) is 54.7 Å². The Bertz CT molecular complexity index is 2810. The maximum absolute atomic E-state index is 14.1. The highest BCUT2D eigenvalue weighted by Crippen LogP contribution is 2.55. The number of rotatable bonds is 12. The summed E-state index contributed by atoms with van der Waals surface area (Å²) in [5, 5.41) is 13.8. The Balaban J connectivity index is 0.884. The average Bonchev–Trinajstić information content (AvgIpc) is 3.93. The van der Waals surface area contributed by atoms with Gasteiger partial charge in [-0.25, -0.2) is 18.1 Å². The first-order chi connectivity index (χ1) is 31.0. The number of aliphatic imine (C=N–C) groups is 1. The SMILES string of the molecule is O=C(NS(=O)(=O)c1cc2c(c([N+](=O)[O-])c1)CC(CC1CCOCC1)=N2)c1ccc(N2CCN(CC3=C(c4ccc(Cl)cc4)CC4(CCC4)CC3)CC2)cc1Oc1cnc2[nH]ccc2c1. The van der Waals surface area contributed by atoms with Crippen LogP contribution in [0.15, 0.2) is 94.6 Å². The van der Waals surface area contributed by atoms with Crippen molar-refractivity contribution in [2.75, 3.05) is 50.8 Å². The topological polar surface area (TPSA) is 172 Å². The van der Waals surface area contributed by atoms with Gasteiger partial charge in [0.15, 0.2) is 0 Å². The Morgan fingerprint density at radius 2 is 1.81 bits per heavy atom. The maximum atomic E-state index is 14.1. The number of nitro benzene ring substituents is 1. The van der Waals surface area contributed by atoms with Crippen molar-refractivity contribution in [3.63, 3.8) is 0 Å². The molecule has 5 aromatic rings. The minimum atomic E-state index is -4.61. The zero-order valence-corrected chi connectivity index (χ0v) is 37.1.